The molecule has 1 fully saturated rings. The lowest BCUT2D eigenvalue weighted by atomic mass is 10.2. The highest BCUT2D eigenvalue weighted by molar-refractivity contribution is 5.00. The van der Waals surface area contributed by atoms with Crippen molar-refractivity contribution in [2.75, 3.05) is 45.9 Å². The van der Waals surface area contributed by atoms with Crippen LogP contribution in [0.2, 0.25) is 0 Å². The number of hydrogen-bond donors (Lipinski definition) is 1. The van der Waals surface area contributed by atoms with Gasteiger partial charge in [0.25, 0.3) is 0 Å². The summed E-state index contributed by atoms with van der Waals surface area (Å²) >= 11 is 0. The largest absolute Gasteiger partial charge is 0.395 e. The Morgan fingerprint density at radius 1 is 1.18 bits per heavy atom. The lowest BCUT2D eigenvalue weighted by Crippen LogP contribution is -2.47. The quantitative estimate of drug-likeness (QED) is 0.756. The molecule has 0 spiro atoms. The van der Waals surface area contributed by atoms with Gasteiger partial charge in [-0.25, -0.2) is 0 Å². The molecule has 0 amide bonds. The van der Waals surface area contributed by atoms with Gasteiger partial charge in [0.1, 0.15) is 0 Å². The molecule has 1 aromatic heterocycles. The van der Waals surface area contributed by atoms with Gasteiger partial charge < -0.3 is 10.0 Å². The number of hydrogen-bond acceptors (Lipinski definition) is 4. The maximum absolute atomic E-state index is 8.88. The molecular weight excluding hydrogens is 216 g/mol. The molecule has 0 radical (unpaired) electrons. The van der Waals surface area contributed by atoms with Crippen LogP contribution in [-0.2, 0) is 13.5 Å². The number of nitrogens with zero attached hydrogens (tertiary/aromatic N) is 4. The normalized spacial score (nSPS) is 18.7. The van der Waals surface area contributed by atoms with Crippen molar-refractivity contribution in [1.82, 2.24) is 19.6 Å². The molecule has 5 heteroatoms. The zero-order valence-corrected chi connectivity index (χ0v) is 10.5. The number of aryl methyl sites for hydroxylation is 1. The van der Waals surface area contributed by atoms with Crippen LogP contribution in [0.3, 0.4) is 0 Å². The second-order valence-electron chi connectivity index (χ2n) is 4.60. The lowest BCUT2D eigenvalue weighted by Gasteiger charge is -2.34. The molecule has 0 unspecified atom stereocenters. The summed E-state index contributed by atoms with van der Waals surface area (Å²) < 4.78 is 1.95. The van der Waals surface area contributed by atoms with E-state index in [1.807, 2.05) is 17.9 Å². The predicted molar refractivity (Wildman–Crippen MR) is 66.9 cm³/mol. The molecule has 1 aliphatic heterocycles. The van der Waals surface area contributed by atoms with Crippen LogP contribution in [0.1, 0.15) is 5.69 Å². The van der Waals surface area contributed by atoms with Crippen molar-refractivity contribution in [3.05, 3.63) is 18.0 Å². The summed E-state index contributed by atoms with van der Waals surface area (Å²) in [7, 11) is 1.99. The number of aliphatic hydroxyl groups excluding tert-OH is 1. The molecule has 96 valence electrons. The van der Waals surface area contributed by atoms with Crippen molar-refractivity contribution >= 4 is 0 Å². The van der Waals surface area contributed by atoms with Crippen LogP contribution in [0.15, 0.2) is 12.3 Å². The summed E-state index contributed by atoms with van der Waals surface area (Å²) in [5.41, 5.74) is 1.29. The highest BCUT2D eigenvalue weighted by Crippen LogP contribution is 2.04. The van der Waals surface area contributed by atoms with Crippen LogP contribution >= 0.6 is 0 Å². The molecule has 2 heterocycles. The van der Waals surface area contributed by atoms with Gasteiger partial charge in [0.05, 0.1) is 6.61 Å². The third kappa shape index (κ3) is 3.52. The summed E-state index contributed by atoms with van der Waals surface area (Å²) in [5, 5.41) is 13.1. The fourth-order valence-electron chi connectivity index (χ4n) is 2.30. The molecule has 1 aliphatic rings. The minimum absolute atomic E-state index is 0.273. The summed E-state index contributed by atoms with van der Waals surface area (Å²) in [4.78, 5) is 4.81. The molecule has 5 nitrogen and oxygen atoms in total. The van der Waals surface area contributed by atoms with E-state index in [0.29, 0.717) is 0 Å². The maximum Gasteiger partial charge on any atom is 0.0558 e. The van der Waals surface area contributed by atoms with Gasteiger partial charge in [-0.15, -0.1) is 0 Å². The smallest absolute Gasteiger partial charge is 0.0558 e. The third-order valence-corrected chi connectivity index (χ3v) is 3.49. The van der Waals surface area contributed by atoms with Crippen LogP contribution in [-0.4, -0.2) is 70.6 Å². The molecule has 1 N–H and O–H groups in total. The second-order valence-corrected chi connectivity index (χ2v) is 4.60. The first-order chi connectivity index (χ1) is 8.29. The number of aromatic nitrogens is 2. The van der Waals surface area contributed by atoms with Crippen molar-refractivity contribution in [2.45, 2.75) is 6.42 Å². The van der Waals surface area contributed by atoms with Crippen LogP contribution in [0.25, 0.3) is 0 Å². The molecule has 0 aliphatic carbocycles. The fourth-order valence-corrected chi connectivity index (χ4v) is 2.30. The summed E-state index contributed by atoms with van der Waals surface area (Å²) in [6.45, 7) is 6.56. The van der Waals surface area contributed by atoms with E-state index < -0.39 is 0 Å². The fraction of sp³-hybridized carbons (Fsp3) is 0.750. The Labute approximate surface area is 103 Å². The van der Waals surface area contributed by atoms with Gasteiger partial charge >= 0.3 is 0 Å². The highest BCUT2D eigenvalue weighted by atomic mass is 16.3. The Morgan fingerprint density at radius 3 is 2.35 bits per heavy atom. The Kier molecular flexibility index (Phi) is 4.53. The van der Waals surface area contributed by atoms with Crippen LogP contribution in [0.5, 0.6) is 0 Å². The highest BCUT2D eigenvalue weighted by Gasteiger charge is 2.16. The minimum Gasteiger partial charge on any atom is -0.395 e. The Morgan fingerprint density at radius 2 is 1.82 bits per heavy atom. The number of rotatable bonds is 5. The van der Waals surface area contributed by atoms with E-state index in [2.05, 4.69) is 21.0 Å². The Balaban J connectivity index is 1.70. The average molecular weight is 238 g/mol. The number of piperazine rings is 1. The average Bonchev–Trinajstić information content (AvgIpc) is 2.75. The molecule has 0 bridgehead atoms. The van der Waals surface area contributed by atoms with Crippen LogP contribution in [0.4, 0.5) is 0 Å². The minimum atomic E-state index is 0.273. The standard InChI is InChI=1S/C12H22N4O/c1-14-12(2-4-13-14)3-5-15-6-8-16(9-7-15)10-11-17/h2,4,17H,3,5-11H2,1H3. The number of aliphatic hydroxyl groups is 1. The van der Waals surface area contributed by atoms with Gasteiger partial charge in [0, 0.05) is 64.6 Å². The molecular formula is C12H22N4O. The zero-order chi connectivity index (χ0) is 12.1. The summed E-state index contributed by atoms with van der Waals surface area (Å²) in [6, 6.07) is 2.09. The van der Waals surface area contributed by atoms with Gasteiger partial charge in [-0.2, -0.15) is 5.10 Å². The first kappa shape index (κ1) is 12.5. The van der Waals surface area contributed by atoms with Crippen LogP contribution < -0.4 is 0 Å². The Hall–Kier alpha value is -0.910. The van der Waals surface area contributed by atoms with Crippen molar-refractivity contribution in [1.29, 1.82) is 0 Å². The van der Waals surface area contributed by atoms with Gasteiger partial charge in [-0.3, -0.25) is 9.58 Å². The van der Waals surface area contributed by atoms with E-state index in [1.54, 1.807) is 0 Å². The van der Waals surface area contributed by atoms with E-state index >= 15 is 0 Å². The lowest BCUT2D eigenvalue weighted by molar-refractivity contribution is 0.113. The topological polar surface area (TPSA) is 44.5 Å². The molecule has 0 saturated carbocycles. The van der Waals surface area contributed by atoms with Gasteiger partial charge in [-0.05, 0) is 6.07 Å². The SMILES string of the molecule is Cn1nccc1CCN1CCN(CCO)CC1. The molecule has 0 atom stereocenters. The van der Waals surface area contributed by atoms with E-state index in [0.717, 1.165) is 45.7 Å². The monoisotopic (exact) mass is 238 g/mol. The predicted octanol–water partition coefficient (Wildman–Crippen LogP) is -0.427. The zero-order valence-electron chi connectivity index (χ0n) is 10.5. The van der Waals surface area contributed by atoms with Gasteiger partial charge in [0.15, 0.2) is 0 Å². The van der Waals surface area contributed by atoms with Crippen molar-refractivity contribution in [3.8, 4) is 0 Å². The van der Waals surface area contributed by atoms with E-state index in [4.69, 9.17) is 5.11 Å². The van der Waals surface area contributed by atoms with Crippen molar-refractivity contribution < 1.29 is 5.11 Å². The van der Waals surface area contributed by atoms with E-state index in [9.17, 15) is 0 Å². The summed E-state index contributed by atoms with van der Waals surface area (Å²) in [6.07, 6.45) is 2.92. The third-order valence-electron chi connectivity index (χ3n) is 3.49. The van der Waals surface area contributed by atoms with Gasteiger partial charge in [0.2, 0.25) is 0 Å². The van der Waals surface area contributed by atoms with Gasteiger partial charge in [-0.1, -0.05) is 0 Å². The van der Waals surface area contributed by atoms with Crippen molar-refractivity contribution in [2.24, 2.45) is 7.05 Å². The number of β-amino-alcohol motifs (C(OH)–C–C–N with tert-alkyl or cyclic N) is 1. The maximum atomic E-state index is 8.88. The first-order valence-electron chi connectivity index (χ1n) is 6.32. The first-order valence-corrected chi connectivity index (χ1v) is 6.32. The second kappa shape index (κ2) is 6.14. The Bertz CT molecular complexity index is 331. The molecule has 0 aromatic carbocycles. The van der Waals surface area contributed by atoms with E-state index in [-0.39, 0.29) is 6.61 Å². The molecule has 1 aromatic rings. The molecule has 1 saturated heterocycles. The molecule has 2 rings (SSSR count). The van der Waals surface area contributed by atoms with Crippen molar-refractivity contribution in [3.63, 3.8) is 0 Å². The van der Waals surface area contributed by atoms with E-state index in [1.165, 1.54) is 5.69 Å². The summed E-state index contributed by atoms with van der Waals surface area (Å²) in [5.74, 6) is 0. The van der Waals surface area contributed by atoms with Crippen LogP contribution in [0, 0.1) is 0 Å². The molecule has 17 heavy (non-hydrogen) atoms.